The summed E-state index contributed by atoms with van der Waals surface area (Å²) in [5, 5.41) is 4.61. The maximum Gasteiger partial charge on any atom is 0.164 e. The van der Waals surface area contributed by atoms with E-state index in [1.54, 1.807) is 22.9 Å². The van der Waals surface area contributed by atoms with E-state index in [1.807, 2.05) is 0 Å². The second kappa shape index (κ2) is 6.33. The summed E-state index contributed by atoms with van der Waals surface area (Å²) in [5.74, 6) is 1.22. The van der Waals surface area contributed by atoms with Gasteiger partial charge in [-0.3, -0.25) is 4.79 Å². The molecule has 1 aromatic heterocycles. The number of aryl methyl sites for hydroxylation is 1. The molecule has 0 radical (unpaired) electrons. The van der Waals surface area contributed by atoms with Crippen LogP contribution in [0.4, 0.5) is 0 Å². The summed E-state index contributed by atoms with van der Waals surface area (Å²) in [6, 6.07) is 4.92. The molecule has 0 saturated heterocycles. The lowest BCUT2D eigenvalue weighted by Crippen LogP contribution is -2.09. The van der Waals surface area contributed by atoms with Crippen LogP contribution in [0.5, 0.6) is 5.75 Å². The molecule has 0 atom stereocenters. The van der Waals surface area contributed by atoms with Crippen molar-refractivity contribution in [2.75, 3.05) is 0 Å². The maximum atomic E-state index is 10.9. The zero-order valence-electron chi connectivity index (χ0n) is 10.5. The molecule has 2 aromatic rings. The van der Waals surface area contributed by atoms with E-state index >= 15 is 0 Å². The van der Waals surface area contributed by atoms with Crippen molar-refractivity contribution in [3.63, 3.8) is 0 Å². The molecule has 0 amide bonds. The van der Waals surface area contributed by atoms with Gasteiger partial charge in [0.25, 0.3) is 0 Å². The van der Waals surface area contributed by atoms with Crippen LogP contribution in [0.15, 0.2) is 24.5 Å². The van der Waals surface area contributed by atoms with Gasteiger partial charge in [0.1, 0.15) is 18.7 Å². The summed E-state index contributed by atoms with van der Waals surface area (Å²) in [6.07, 6.45) is 3.19. The van der Waals surface area contributed by atoms with E-state index in [9.17, 15) is 4.79 Å². The molecule has 1 aromatic carbocycles. The summed E-state index contributed by atoms with van der Waals surface area (Å²) in [7, 11) is 0. The van der Waals surface area contributed by atoms with Crippen LogP contribution in [-0.4, -0.2) is 21.1 Å². The smallest absolute Gasteiger partial charge is 0.164 e. The average molecular weight is 280 g/mol. The van der Waals surface area contributed by atoms with Gasteiger partial charge in [-0.05, 0) is 24.6 Å². The van der Waals surface area contributed by atoms with Crippen molar-refractivity contribution < 1.29 is 9.53 Å². The minimum absolute atomic E-state index is 0.266. The Labute approximate surface area is 116 Å². The summed E-state index contributed by atoms with van der Waals surface area (Å²) >= 11 is 5.82. The van der Waals surface area contributed by atoms with Crippen LogP contribution >= 0.6 is 11.6 Å². The van der Waals surface area contributed by atoms with E-state index < -0.39 is 0 Å². The van der Waals surface area contributed by atoms with Gasteiger partial charge >= 0.3 is 0 Å². The lowest BCUT2D eigenvalue weighted by Gasteiger charge is -2.09. The monoisotopic (exact) mass is 279 g/mol. The molecule has 0 aliphatic carbocycles. The number of carbonyl (C=O) groups is 1. The summed E-state index contributed by atoms with van der Waals surface area (Å²) < 4.78 is 7.39. The van der Waals surface area contributed by atoms with Gasteiger partial charge in [0, 0.05) is 11.6 Å². The van der Waals surface area contributed by atoms with Crippen LogP contribution in [0.2, 0.25) is 5.02 Å². The number of hydrogen-bond donors (Lipinski definition) is 0. The van der Waals surface area contributed by atoms with E-state index in [0.29, 0.717) is 16.3 Å². The molecule has 0 aliphatic rings. The van der Waals surface area contributed by atoms with Gasteiger partial charge in [-0.15, -0.1) is 0 Å². The quantitative estimate of drug-likeness (QED) is 0.763. The van der Waals surface area contributed by atoms with Crippen LogP contribution in [0.25, 0.3) is 0 Å². The summed E-state index contributed by atoms with van der Waals surface area (Å²) in [6.45, 7) is 3.12. The van der Waals surface area contributed by atoms with Gasteiger partial charge in [0.15, 0.2) is 12.1 Å². The first kappa shape index (κ1) is 13.5. The largest absolute Gasteiger partial charge is 0.485 e. The Balaban J connectivity index is 2.10. The molecule has 0 N–H and O–H groups in total. The topological polar surface area (TPSA) is 57.0 Å². The molecule has 100 valence electrons. The third kappa shape index (κ3) is 3.32. The molecule has 1 heterocycles. The second-order valence-corrected chi connectivity index (χ2v) is 4.42. The highest BCUT2D eigenvalue weighted by Crippen LogP contribution is 2.22. The summed E-state index contributed by atoms with van der Waals surface area (Å²) in [4.78, 5) is 15.1. The molecule has 0 bridgehead atoms. The zero-order valence-corrected chi connectivity index (χ0v) is 11.3. The molecule has 0 spiro atoms. The Kier molecular flexibility index (Phi) is 4.52. The molecule has 6 heteroatoms. The van der Waals surface area contributed by atoms with Gasteiger partial charge in [-0.2, -0.15) is 5.10 Å². The zero-order chi connectivity index (χ0) is 13.7. The van der Waals surface area contributed by atoms with Crippen LogP contribution in [-0.2, 0) is 13.2 Å². The van der Waals surface area contributed by atoms with E-state index in [-0.39, 0.29) is 6.61 Å². The number of nitrogens with zero attached hydrogens (tertiary/aromatic N) is 3. The molecule has 19 heavy (non-hydrogen) atoms. The van der Waals surface area contributed by atoms with Crippen molar-refractivity contribution in [2.24, 2.45) is 0 Å². The van der Waals surface area contributed by atoms with Gasteiger partial charge in [0.05, 0.1) is 5.56 Å². The number of carbonyl (C=O) groups excluding carboxylic acids is 1. The number of ether oxygens (including phenoxy) is 1. The van der Waals surface area contributed by atoms with Gasteiger partial charge < -0.3 is 4.74 Å². The Hall–Kier alpha value is -1.88. The Morgan fingerprint density at radius 3 is 3.05 bits per heavy atom. The number of rotatable bonds is 6. The van der Waals surface area contributed by atoms with Crippen molar-refractivity contribution >= 4 is 17.9 Å². The van der Waals surface area contributed by atoms with Crippen molar-refractivity contribution in [3.8, 4) is 5.75 Å². The normalized spacial score (nSPS) is 10.4. The van der Waals surface area contributed by atoms with E-state index in [1.165, 1.54) is 6.33 Å². The fourth-order valence-electron chi connectivity index (χ4n) is 1.68. The first-order chi connectivity index (χ1) is 9.24. The van der Waals surface area contributed by atoms with Crippen LogP contribution in [0, 0.1) is 0 Å². The third-order valence-corrected chi connectivity index (χ3v) is 2.82. The Morgan fingerprint density at radius 1 is 1.47 bits per heavy atom. The molecule has 0 saturated carbocycles. The van der Waals surface area contributed by atoms with Crippen LogP contribution in [0.1, 0.15) is 29.5 Å². The van der Waals surface area contributed by atoms with Crippen LogP contribution in [0.3, 0.4) is 0 Å². The second-order valence-electron chi connectivity index (χ2n) is 3.99. The minimum atomic E-state index is 0.266. The number of hydrogen-bond acceptors (Lipinski definition) is 4. The van der Waals surface area contributed by atoms with Crippen molar-refractivity contribution in [1.82, 2.24) is 14.8 Å². The Morgan fingerprint density at radius 2 is 2.32 bits per heavy atom. The highest BCUT2D eigenvalue weighted by atomic mass is 35.5. The first-order valence-corrected chi connectivity index (χ1v) is 6.36. The molecule has 0 unspecified atom stereocenters. The molecular formula is C13H14ClN3O2. The molecule has 0 fully saturated rings. The lowest BCUT2D eigenvalue weighted by molar-refractivity contribution is 0.111. The third-order valence-electron chi connectivity index (χ3n) is 2.59. The van der Waals surface area contributed by atoms with Crippen molar-refractivity contribution in [2.45, 2.75) is 26.5 Å². The first-order valence-electron chi connectivity index (χ1n) is 5.98. The van der Waals surface area contributed by atoms with E-state index in [2.05, 4.69) is 17.0 Å². The number of benzene rings is 1. The van der Waals surface area contributed by atoms with Gasteiger partial charge in [-0.25, -0.2) is 9.67 Å². The van der Waals surface area contributed by atoms with E-state index in [4.69, 9.17) is 16.3 Å². The highest BCUT2D eigenvalue weighted by Gasteiger charge is 2.08. The van der Waals surface area contributed by atoms with Crippen LogP contribution < -0.4 is 4.74 Å². The minimum Gasteiger partial charge on any atom is -0.485 e. The fourth-order valence-corrected chi connectivity index (χ4v) is 1.86. The van der Waals surface area contributed by atoms with Crippen molar-refractivity contribution in [3.05, 3.63) is 40.9 Å². The highest BCUT2D eigenvalue weighted by molar-refractivity contribution is 6.30. The lowest BCUT2D eigenvalue weighted by atomic mass is 10.2. The predicted octanol–water partition coefficient (Wildman–Crippen LogP) is 2.73. The fraction of sp³-hybridized carbons (Fsp3) is 0.308. The van der Waals surface area contributed by atoms with Crippen molar-refractivity contribution in [1.29, 1.82) is 0 Å². The van der Waals surface area contributed by atoms with Gasteiger partial charge in [0.2, 0.25) is 0 Å². The average Bonchev–Trinajstić information content (AvgIpc) is 2.85. The molecular weight excluding hydrogens is 266 g/mol. The maximum absolute atomic E-state index is 10.9. The van der Waals surface area contributed by atoms with Gasteiger partial charge in [-0.1, -0.05) is 18.5 Å². The predicted molar refractivity (Wildman–Crippen MR) is 71.5 cm³/mol. The Bertz CT molecular complexity index is 569. The molecule has 5 nitrogen and oxygen atoms in total. The number of halogens is 1. The van der Waals surface area contributed by atoms with E-state index in [0.717, 1.165) is 25.1 Å². The summed E-state index contributed by atoms with van der Waals surface area (Å²) in [5.41, 5.74) is 0.425. The number of aldehydes is 1. The number of aromatic nitrogens is 3. The SMILES string of the molecule is CCCn1ncnc1COc1ccc(Cl)cc1C=O. The molecule has 0 aliphatic heterocycles. The standard InChI is InChI=1S/C13H14ClN3O2/c1-2-5-17-13(15-9-16-17)8-19-12-4-3-11(14)6-10(12)7-18/h3-4,6-7,9H,2,5,8H2,1H3. The molecule has 2 rings (SSSR count).